The van der Waals surface area contributed by atoms with Gasteiger partial charge < -0.3 is 10.4 Å². The molecule has 132 valence electrons. The zero-order chi connectivity index (χ0) is 17.2. The van der Waals surface area contributed by atoms with Crippen LogP contribution in [0.5, 0.6) is 0 Å². The van der Waals surface area contributed by atoms with E-state index < -0.39 is 15.6 Å². The van der Waals surface area contributed by atoms with Gasteiger partial charge in [0.15, 0.2) is 0 Å². The maximum Gasteiger partial charge on any atom is 0.251 e. The van der Waals surface area contributed by atoms with Crippen LogP contribution in [0.15, 0.2) is 29.2 Å². The Bertz CT molecular complexity index is 688. The molecule has 0 radical (unpaired) electrons. The first-order chi connectivity index (χ1) is 11.4. The maximum atomic E-state index is 12.4. The van der Waals surface area contributed by atoms with E-state index in [4.69, 9.17) is 0 Å². The average molecular weight is 352 g/mol. The van der Waals surface area contributed by atoms with Crippen molar-refractivity contribution in [2.75, 3.05) is 19.6 Å². The van der Waals surface area contributed by atoms with Gasteiger partial charge in [-0.15, -0.1) is 0 Å². The molecule has 0 spiro atoms. The molecule has 0 bridgehead atoms. The zero-order valence-electron chi connectivity index (χ0n) is 13.7. The average Bonchev–Trinajstić information content (AvgIpc) is 3.25. The molecule has 1 amide bonds. The highest BCUT2D eigenvalue weighted by atomic mass is 32.2. The van der Waals surface area contributed by atoms with Gasteiger partial charge in [0.2, 0.25) is 10.0 Å². The molecule has 2 aliphatic rings. The summed E-state index contributed by atoms with van der Waals surface area (Å²) in [5, 5.41) is 13.0. The predicted octanol–water partition coefficient (Wildman–Crippen LogP) is 1.51. The Morgan fingerprint density at radius 2 is 1.67 bits per heavy atom. The van der Waals surface area contributed by atoms with Crippen molar-refractivity contribution < 1.29 is 18.3 Å². The van der Waals surface area contributed by atoms with Gasteiger partial charge in [-0.1, -0.05) is 12.8 Å². The number of carbonyl (C=O) groups is 1. The van der Waals surface area contributed by atoms with E-state index in [1.54, 1.807) is 0 Å². The van der Waals surface area contributed by atoms with Crippen molar-refractivity contribution in [3.63, 3.8) is 0 Å². The number of hydrogen-bond donors (Lipinski definition) is 2. The molecular weight excluding hydrogens is 328 g/mol. The molecule has 2 fully saturated rings. The highest BCUT2D eigenvalue weighted by molar-refractivity contribution is 7.89. The summed E-state index contributed by atoms with van der Waals surface area (Å²) in [6, 6.07) is 6.01. The predicted molar refractivity (Wildman–Crippen MR) is 90.2 cm³/mol. The molecule has 24 heavy (non-hydrogen) atoms. The molecule has 0 aromatic heterocycles. The number of nitrogens with one attached hydrogen (secondary N) is 1. The number of rotatable bonds is 5. The molecule has 1 aromatic carbocycles. The fourth-order valence-electron chi connectivity index (χ4n) is 3.41. The Balaban J connectivity index is 1.64. The number of amides is 1. The number of nitrogens with zero attached hydrogens (tertiary/aromatic N) is 1. The number of aliphatic hydroxyl groups is 1. The first-order valence-electron chi connectivity index (χ1n) is 8.52. The van der Waals surface area contributed by atoms with Gasteiger partial charge >= 0.3 is 0 Å². The monoisotopic (exact) mass is 352 g/mol. The molecule has 1 aliphatic carbocycles. The summed E-state index contributed by atoms with van der Waals surface area (Å²) in [5.41, 5.74) is -0.397. The first kappa shape index (κ1) is 17.4. The maximum absolute atomic E-state index is 12.4. The number of carbonyl (C=O) groups excluding carboxylic acids is 1. The number of hydrogen-bond acceptors (Lipinski definition) is 4. The third-order valence-corrected chi connectivity index (χ3v) is 6.84. The highest BCUT2D eigenvalue weighted by Crippen LogP contribution is 2.28. The fraction of sp³-hybridized carbons (Fsp3) is 0.588. The molecule has 1 aromatic rings. The molecule has 0 atom stereocenters. The van der Waals surface area contributed by atoms with Crippen LogP contribution in [-0.2, 0) is 10.0 Å². The van der Waals surface area contributed by atoms with Crippen LogP contribution in [-0.4, -0.2) is 49.0 Å². The lowest BCUT2D eigenvalue weighted by Gasteiger charge is -2.22. The lowest BCUT2D eigenvalue weighted by Crippen LogP contribution is -2.40. The summed E-state index contributed by atoms with van der Waals surface area (Å²) >= 11 is 0. The van der Waals surface area contributed by atoms with Gasteiger partial charge in [-0.25, -0.2) is 8.42 Å². The van der Waals surface area contributed by atoms with Crippen LogP contribution >= 0.6 is 0 Å². The van der Waals surface area contributed by atoms with Gasteiger partial charge in [-0.05, 0) is 49.9 Å². The van der Waals surface area contributed by atoms with Crippen molar-refractivity contribution in [2.24, 2.45) is 0 Å². The summed E-state index contributed by atoms with van der Waals surface area (Å²) in [6.07, 6.45) is 5.16. The van der Waals surface area contributed by atoms with Crippen molar-refractivity contribution in [1.29, 1.82) is 0 Å². The number of benzene rings is 1. The van der Waals surface area contributed by atoms with Crippen molar-refractivity contribution in [1.82, 2.24) is 9.62 Å². The smallest absolute Gasteiger partial charge is 0.251 e. The van der Waals surface area contributed by atoms with Crippen LogP contribution in [0.2, 0.25) is 0 Å². The Morgan fingerprint density at radius 1 is 1.08 bits per heavy atom. The summed E-state index contributed by atoms with van der Waals surface area (Å²) in [4.78, 5) is 12.4. The van der Waals surface area contributed by atoms with Gasteiger partial charge in [0.25, 0.3) is 5.91 Å². The summed E-state index contributed by atoms with van der Waals surface area (Å²) in [5.74, 6) is -0.291. The molecule has 0 unspecified atom stereocenters. The largest absolute Gasteiger partial charge is 0.388 e. The van der Waals surface area contributed by atoms with E-state index in [1.807, 2.05) is 0 Å². The van der Waals surface area contributed by atoms with Crippen LogP contribution in [0.4, 0.5) is 0 Å². The minimum Gasteiger partial charge on any atom is -0.388 e. The molecule has 6 nitrogen and oxygen atoms in total. The molecule has 1 heterocycles. The second kappa shape index (κ2) is 6.82. The fourth-order valence-corrected chi connectivity index (χ4v) is 4.93. The first-order valence-corrected chi connectivity index (χ1v) is 9.96. The molecule has 3 rings (SSSR count). The minimum atomic E-state index is -3.45. The van der Waals surface area contributed by atoms with Gasteiger partial charge in [0.1, 0.15) is 0 Å². The topological polar surface area (TPSA) is 86.7 Å². The second-order valence-electron chi connectivity index (χ2n) is 6.75. The van der Waals surface area contributed by atoms with Crippen LogP contribution < -0.4 is 5.32 Å². The van der Waals surface area contributed by atoms with Crippen molar-refractivity contribution >= 4 is 15.9 Å². The highest BCUT2D eigenvalue weighted by Gasteiger charge is 2.31. The van der Waals surface area contributed by atoms with E-state index in [0.29, 0.717) is 31.5 Å². The summed E-state index contributed by atoms with van der Waals surface area (Å²) in [7, 11) is -3.45. The molecular formula is C17H24N2O4S. The molecule has 1 aliphatic heterocycles. The molecule has 1 saturated carbocycles. The van der Waals surface area contributed by atoms with Gasteiger partial charge in [-0.2, -0.15) is 4.31 Å². The van der Waals surface area contributed by atoms with Gasteiger partial charge in [0.05, 0.1) is 10.5 Å². The normalized spacial score (nSPS) is 21.0. The van der Waals surface area contributed by atoms with E-state index in [2.05, 4.69) is 5.32 Å². The third kappa shape index (κ3) is 3.63. The molecule has 2 N–H and O–H groups in total. The van der Waals surface area contributed by atoms with E-state index in [0.717, 1.165) is 25.7 Å². The van der Waals surface area contributed by atoms with E-state index in [9.17, 15) is 18.3 Å². The van der Waals surface area contributed by atoms with E-state index in [1.165, 1.54) is 28.6 Å². The molecule has 1 saturated heterocycles. The third-order valence-electron chi connectivity index (χ3n) is 4.93. The van der Waals surface area contributed by atoms with Crippen LogP contribution in [0.25, 0.3) is 0 Å². The Hall–Kier alpha value is -1.44. The second-order valence-corrected chi connectivity index (χ2v) is 8.69. The standard InChI is InChI=1S/C17H24N2O4S/c20-16(18-13-17(21)9-1-2-10-17)14-5-7-15(8-6-14)24(22,23)19-11-3-4-12-19/h5-8,21H,1-4,9-13H2,(H,18,20). The Kier molecular flexibility index (Phi) is 4.94. The lowest BCUT2D eigenvalue weighted by atomic mass is 10.0. The van der Waals surface area contributed by atoms with Crippen LogP contribution in [0.3, 0.4) is 0 Å². The van der Waals surface area contributed by atoms with Gasteiger partial charge in [0, 0.05) is 25.2 Å². The van der Waals surface area contributed by atoms with Crippen molar-refractivity contribution in [3.8, 4) is 0 Å². The Morgan fingerprint density at radius 3 is 2.25 bits per heavy atom. The van der Waals surface area contributed by atoms with E-state index in [-0.39, 0.29) is 17.3 Å². The quantitative estimate of drug-likeness (QED) is 0.841. The van der Waals surface area contributed by atoms with Crippen molar-refractivity contribution in [3.05, 3.63) is 29.8 Å². The summed E-state index contributed by atoms with van der Waals surface area (Å²) < 4.78 is 26.4. The van der Waals surface area contributed by atoms with E-state index >= 15 is 0 Å². The number of sulfonamides is 1. The zero-order valence-corrected chi connectivity index (χ0v) is 14.5. The van der Waals surface area contributed by atoms with Crippen molar-refractivity contribution in [2.45, 2.75) is 49.0 Å². The summed E-state index contributed by atoms with van der Waals surface area (Å²) in [6.45, 7) is 1.35. The van der Waals surface area contributed by atoms with Crippen LogP contribution in [0.1, 0.15) is 48.9 Å². The minimum absolute atomic E-state index is 0.218. The van der Waals surface area contributed by atoms with Crippen LogP contribution in [0, 0.1) is 0 Å². The lowest BCUT2D eigenvalue weighted by molar-refractivity contribution is 0.0449. The Labute approximate surface area is 142 Å². The van der Waals surface area contributed by atoms with Gasteiger partial charge in [-0.3, -0.25) is 4.79 Å². The SMILES string of the molecule is O=C(NCC1(O)CCCC1)c1ccc(S(=O)(=O)N2CCCC2)cc1. The molecule has 7 heteroatoms.